The van der Waals surface area contributed by atoms with Crippen LogP contribution in [0.5, 0.6) is 0 Å². The topological polar surface area (TPSA) is 63.2 Å². The molecule has 23 heavy (non-hydrogen) atoms. The average molecular weight is 340 g/mol. The molecule has 6 heteroatoms. The maximum atomic E-state index is 11.8. The fourth-order valence-corrected chi connectivity index (χ4v) is 3.04. The van der Waals surface area contributed by atoms with Gasteiger partial charge in [-0.15, -0.1) is 0 Å². The number of hydrogen-bond acceptors (Lipinski definition) is 4. The number of pyridine rings is 1. The van der Waals surface area contributed by atoms with E-state index in [9.17, 15) is 4.79 Å². The van der Waals surface area contributed by atoms with Crippen LogP contribution in [0, 0.1) is 5.92 Å². The van der Waals surface area contributed by atoms with Crippen LogP contribution in [0.15, 0.2) is 18.3 Å². The van der Waals surface area contributed by atoms with Gasteiger partial charge in [-0.3, -0.25) is 0 Å². The molecule has 0 bridgehead atoms. The Labute approximate surface area is 143 Å². The lowest BCUT2D eigenvalue weighted by molar-refractivity contribution is 0.0514. The minimum absolute atomic E-state index is 0.278. The fraction of sp³-hybridized carbons (Fsp3) is 0.647. The molecule has 0 aliphatic heterocycles. The summed E-state index contributed by atoms with van der Waals surface area (Å²) in [6, 6.07) is 4.08. The van der Waals surface area contributed by atoms with Gasteiger partial charge in [0.1, 0.15) is 5.60 Å². The highest BCUT2D eigenvalue weighted by Crippen LogP contribution is 2.29. The summed E-state index contributed by atoms with van der Waals surface area (Å²) < 4.78 is 5.30. The Hall–Kier alpha value is -1.49. The number of alkyl carbamates (subject to hydrolysis) is 1. The lowest BCUT2D eigenvalue weighted by Gasteiger charge is -2.33. The van der Waals surface area contributed by atoms with Crippen molar-refractivity contribution in [2.45, 2.75) is 58.1 Å². The molecule has 1 amide bonds. The summed E-state index contributed by atoms with van der Waals surface area (Å²) >= 11 is 6.13. The van der Waals surface area contributed by atoms with Crippen molar-refractivity contribution in [2.75, 3.05) is 11.9 Å². The second kappa shape index (κ2) is 7.86. The second-order valence-electron chi connectivity index (χ2n) is 7.02. The molecule has 1 aliphatic rings. The van der Waals surface area contributed by atoms with Crippen LogP contribution in [0.3, 0.4) is 0 Å². The van der Waals surface area contributed by atoms with Crippen LogP contribution in [0.1, 0.15) is 46.5 Å². The number of rotatable bonds is 4. The molecule has 2 atom stereocenters. The summed E-state index contributed by atoms with van der Waals surface area (Å²) in [7, 11) is 0. The predicted octanol–water partition coefficient (Wildman–Crippen LogP) is 4.23. The van der Waals surface area contributed by atoms with Gasteiger partial charge in [-0.2, -0.15) is 0 Å². The van der Waals surface area contributed by atoms with E-state index < -0.39 is 5.60 Å². The van der Waals surface area contributed by atoms with Gasteiger partial charge in [-0.1, -0.05) is 24.4 Å². The number of nitrogens with zero attached hydrogens (tertiary/aromatic N) is 1. The van der Waals surface area contributed by atoms with E-state index in [0.717, 1.165) is 18.5 Å². The van der Waals surface area contributed by atoms with Crippen LogP contribution in [0.4, 0.5) is 10.5 Å². The minimum Gasteiger partial charge on any atom is -0.444 e. The first-order valence-corrected chi connectivity index (χ1v) is 8.57. The van der Waals surface area contributed by atoms with Gasteiger partial charge in [0, 0.05) is 18.8 Å². The van der Waals surface area contributed by atoms with E-state index >= 15 is 0 Å². The summed E-state index contributed by atoms with van der Waals surface area (Å²) in [6.07, 6.45) is 5.81. The lowest BCUT2D eigenvalue weighted by atomic mass is 9.84. The van der Waals surface area contributed by atoms with Crippen molar-refractivity contribution < 1.29 is 9.53 Å². The van der Waals surface area contributed by atoms with Crippen molar-refractivity contribution in [3.05, 3.63) is 23.5 Å². The van der Waals surface area contributed by atoms with Crippen molar-refractivity contribution in [3.63, 3.8) is 0 Å². The highest BCUT2D eigenvalue weighted by atomic mass is 35.5. The molecule has 1 fully saturated rings. The Morgan fingerprint density at radius 1 is 1.39 bits per heavy atom. The molecule has 0 aromatic carbocycles. The molecule has 0 saturated heterocycles. The Bertz CT molecular complexity index is 531. The molecule has 2 unspecified atom stereocenters. The molecule has 1 heterocycles. The number of amides is 1. The van der Waals surface area contributed by atoms with Crippen molar-refractivity contribution in [1.29, 1.82) is 0 Å². The molecule has 1 saturated carbocycles. The summed E-state index contributed by atoms with van der Waals surface area (Å²) in [6.45, 7) is 6.19. The normalized spacial score (nSPS) is 21.6. The zero-order chi connectivity index (χ0) is 16.9. The Morgan fingerprint density at radius 3 is 2.83 bits per heavy atom. The average Bonchev–Trinajstić information content (AvgIpc) is 2.47. The van der Waals surface area contributed by atoms with Gasteiger partial charge in [0.05, 0.1) is 5.69 Å². The SMILES string of the molecule is CC(C)(C)OC(=O)NCC1CCCCC1Nc1cccnc1Cl. The molecular weight excluding hydrogens is 314 g/mol. The zero-order valence-corrected chi connectivity index (χ0v) is 14.8. The van der Waals surface area contributed by atoms with Crippen molar-refractivity contribution in [1.82, 2.24) is 10.3 Å². The number of nitrogens with one attached hydrogen (secondary N) is 2. The van der Waals surface area contributed by atoms with Gasteiger partial charge in [0.15, 0.2) is 5.15 Å². The molecule has 2 N–H and O–H groups in total. The molecule has 128 valence electrons. The van der Waals surface area contributed by atoms with Gasteiger partial charge >= 0.3 is 6.09 Å². The van der Waals surface area contributed by atoms with Crippen LogP contribution in [0.2, 0.25) is 5.15 Å². The minimum atomic E-state index is -0.475. The van der Waals surface area contributed by atoms with Crippen molar-refractivity contribution in [3.8, 4) is 0 Å². The van der Waals surface area contributed by atoms with E-state index in [2.05, 4.69) is 15.6 Å². The lowest BCUT2D eigenvalue weighted by Crippen LogP contribution is -2.42. The third kappa shape index (κ3) is 5.90. The molecule has 1 aromatic heterocycles. The summed E-state index contributed by atoms with van der Waals surface area (Å²) in [5.41, 5.74) is 0.376. The second-order valence-corrected chi connectivity index (χ2v) is 7.38. The Kier molecular flexibility index (Phi) is 6.10. The van der Waals surface area contributed by atoms with E-state index in [4.69, 9.17) is 16.3 Å². The quantitative estimate of drug-likeness (QED) is 0.806. The smallest absolute Gasteiger partial charge is 0.407 e. The molecule has 1 aromatic rings. The first-order valence-electron chi connectivity index (χ1n) is 8.19. The first-order chi connectivity index (χ1) is 10.8. The molecule has 0 radical (unpaired) electrons. The van der Waals surface area contributed by atoms with Gasteiger partial charge in [0.2, 0.25) is 0 Å². The number of anilines is 1. The maximum Gasteiger partial charge on any atom is 0.407 e. The molecule has 5 nitrogen and oxygen atoms in total. The van der Waals surface area contributed by atoms with Crippen LogP contribution < -0.4 is 10.6 Å². The Balaban J connectivity index is 1.91. The monoisotopic (exact) mass is 339 g/mol. The molecule has 0 spiro atoms. The van der Waals surface area contributed by atoms with Crippen molar-refractivity contribution in [2.24, 2.45) is 5.92 Å². The van der Waals surface area contributed by atoms with E-state index in [0.29, 0.717) is 17.6 Å². The van der Waals surface area contributed by atoms with E-state index in [1.807, 2.05) is 32.9 Å². The molecular formula is C17H26ClN3O2. The van der Waals surface area contributed by atoms with E-state index in [1.54, 1.807) is 6.20 Å². The number of hydrogen-bond donors (Lipinski definition) is 2. The summed E-state index contributed by atoms with van der Waals surface area (Å²) in [4.78, 5) is 15.9. The zero-order valence-electron chi connectivity index (χ0n) is 14.1. The highest BCUT2D eigenvalue weighted by molar-refractivity contribution is 6.31. The largest absolute Gasteiger partial charge is 0.444 e. The maximum absolute atomic E-state index is 11.8. The van der Waals surface area contributed by atoms with Gasteiger partial charge in [-0.25, -0.2) is 9.78 Å². The third-order valence-electron chi connectivity index (χ3n) is 3.92. The summed E-state index contributed by atoms with van der Waals surface area (Å²) in [5.74, 6) is 0.354. The summed E-state index contributed by atoms with van der Waals surface area (Å²) in [5, 5.41) is 6.86. The Morgan fingerprint density at radius 2 is 2.13 bits per heavy atom. The number of aromatic nitrogens is 1. The standard InChI is InChI=1S/C17H26ClN3O2/c1-17(2,3)23-16(22)20-11-12-7-4-5-8-13(12)21-14-9-6-10-19-15(14)18/h6,9-10,12-13,21H,4-5,7-8,11H2,1-3H3,(H,20,22). The van der Waals surface area contributed by atoms with Crippen LogP contribution in [-0.4, -0.2) is 29.3 Å². The van der Waals surface area contributed by atoms with Gasteiger partial charge < -0.3 is 15.4 Å². The molecule has 1 aliphatic carbocycles. The number of ether oxygens (including phenoxy) is 1. The van der Waals surface area contributed by atoms with Crippen LogP contribution >= 0.6 is 11.6 Å². The number of halogens is 1. The number of carbonyl (C=O) groups is 1. The molecule has 2 rings (SSSR count). The van der Waals surface area contributed by atoms with Crippen molar-refractivity contribution >= 4 is 23.4 Å². The van der Waals surface area contributed by atoms with Crippen LogP contribution in [-0.2, 0) is 4.74 Å². The third-order valence-corrected chi connectivity index (χ3v) is 4.22. The first kappa shape index (κ1) is 17.9. The predicted molar refractivity (Wildman–Crippen MR) is 92.9 cm³/mol. The van der Waals surface area contributed by atoms with Gasteiger partial charge in [0.25, 0.3) is 0 Å². The van der Waals surface area contributed by atoms with Crippen LogP contribution in [0.25, 0.3) is 0 Å². The number of carbonyl (C=O) groups excluding carboxylic acids is 1. The van der Waals surface area contributed by atoms with Gasteiger partial charge in [-0.05, 0) is 51.7 Å². The fourth-order valence-electron chi connectivity index (χ4n) is 2.86. The van der Waals surface area contributed by atoms with E-state index in [-0.39, 0.29) is 12.1 Å². The van der Waals surface area contributed by atoms with E-state index in [1.165, 1.54) is 12.8 Å². The highest BCUT2D eigenvalue weighted by Gasteiger charge is 2.26.